The van der Waals surface area contributed by atoms with Crippen molar-refractivity contribution < 1.29 is 12.8 Å². The third kappa shape index (κ3) is 3.32. The second-order valence-corrected chi connectivity index (χ2v) is 8.22. The van der Waals surface area contributed by atoms with Crippen LogP contribution in [0.2, 0.25) is 0 Å². The Morgan fingerprint density at radius 2 is 1.64 bits per heavy atom. The van der Waals surface area contributed by atoms with Gasteiger partial charge in [0.05, 0.1) is 11.1 Å². The van der Waals surface area contributed by atoms with Gasteiger partial charge in [0.2, 0.25) is 0 Å². The van der Waals surface area contributed by atoms with Crippen molar-refractivity contribution in [2.24, 2.45) is 0 Å². The maximum atomic E-state index is 13.1. The lowest BCUT2D eigenvalue weighted by molar-refractivity contribution is 0.572. The Kier molecular flexibility index (Phi) is 4.52. The summed E-state index contributed by atoms with van der Waals surface area (Å²) in [4.78, 5) is 6.10. The number of sulfonamides is 1. The Morgan fingerprint density at radius 3 is 2.32 bits per heavy atom. The standard InChI is InChI=1S/C21H19N3O3S/c1-24(2)19-7-3-6-18-17(19)5-4-8-21(18)28(25,26)23-16-11-9-15(10-12-16)20-13-22-14-27-20/h3-14,23H,1-2H3. The quantitative estimate of drug-likeness (QED) is 0.545. The number of nitrogens with zero attached hydrogens (tertiary/aromatic N) is 2. The molecule has 3 aromatic carbocycles. The molecule has 1 aromatic heterocycles. The van der Waals surface area contributed by atoms with E-state index in [0.29, 0.717) is 16.8 Å². The number of aromatic nitrogens is 1. The van der Waals surface area contributed by atoms with Crippen LogP contribution in [0.3, 0.4) is 0 Å². The molecule has 7 heteroatoms. The van der Waals surface area contributed by atoms with E-state index in [1.807, 2.05) is 43.3 Å². The van der Waals surface area contributed by atoms with Crippen molar-refractivity contribution in [2.45, 2.75) is 4.90 Å². The minimum atomic E-state index is -3.75. The predicted molar refractivity (Wildman–Crippen MR) is 111 cm³/mol. The van der Waals surface area contributed by atoms with E-state index in [-0.39, 0.29) is 4.90 Å². The monoisotopic (exact) mass is 393 g/mol. The van der Waals surface area contributed by atoms with Crippen LogP contribution in [0.25, 0.3) is 22.1 Å². The van der Waals surface area contributed by atoms with E-state index in [2.05, 4.69) is 9.71 Å². The molecule has 0 aliphatic carbocycles. The maximum Gasteiger partial charge on any atom is 0.262 e. The zero-order valence-electron chi connectivity index (χ0n) is 15.5. The third-order valence-electron chi connectivity index (χ3n) is 4.48. The van der Waals surface area contributed by atoms with Gasteiger partial charge in [0.15, 0.2) is 12.2 Å². The molecular formula is C21H19N3O3S. The van der Waals surface area contributed by atoms with Gasteiger partial charge >= 0.3 is 0 Å². The Balaban J connectivity index is 1.70. The van der Waals surface area contributed by atoms with Gasteiger partial charge in [-0.3, -0.25) is 4.72 Å². The molecule has 1 heterocycles. The first kappa shape index (κ1) is 18.1. The molecule has 0 bridgehead atoms. The molecule has 0 atom stereocenters. The summed E-state index contributed by atoms with van der Waals surface area (Å²) >= 11 is 0. The first-order chi connectivity index (χ1) is 13.5. The van der Waals surface area contributed by atoms with Gasteiger partial charge in [-0.25, -0.2) is 13.4 Å². The average molecular weight is 393 g/mol. The van der Waals surface area contributed by atoms with Crippen molar-refractivity contribution in [1.29, 1.82) is 0 Å². The van der Waals surface area contributed by atoms with Gasteiger partial charge in [0, 0.05) is 41.8 Å². The van der Waals surface area contributed by atoms with Crippen molar-refractivity contribution in [1.82, 2.24) is 4.98 Å². The molecule has 6 nitrogen and oxygen atoms in total. The Bertz CT molecular complexity index is 1220. The van der Waals surface area contributed by atoms with Crippen molar-refractivity contribution >= 4 is 32.2 Å². The van der Waals surface area contributed by atoms with Crippen LogP contribution in [-0.2, 0) is 10.0 Å². The Hall–Kier alpha value is -3.32. The second-order valence-electron chi connectivity index (χ2n) is 6.57. The average Bonchev–Trinajstić information content (AvgIpc) is 3.22. The smallest absolute Gasteiger partial charge is 0.262 e. The maximum absolute atomic E-state index is 13.1. The molecule has 0 saturated heterocycles. The minimum Gasteiger partial charge on any atom is -0.444 e. The number of hydrogen-bond acceptors (Lipinski definition) is 5. The topological polar surface area (TPSA) is 75.4 Å². The normalized spacial score (nSPS) is 11.5. The summed E-state index contributed by atoms with van der Waals surface area (Å²) in [5.41, 5.74) is 2.26. The minimum absolute atomic E-state index is 0.244. The molecule has 28 heavy (non-hydrogen) atoms. The highest BCUT2D eigenvalue weighted by atomic mass is 32.2. The zero-order valence-corrected chi connectivity index (χ0v) is 16.3. The number of fused-ring (bicyclic) bond motifs is 1. The largest absolute Gasteiger partial charge is 0.444 e. The van der Waals surface area contributed by atoms with Gasteiger partial charge in [-0.1, -0.05) is 24.3 Å². The summed E-state index contributed by atoms with van der Waals surface area (Å²) in [6, 6.07) is 17.9. The fourth-order valence-electron chi connectivity index (χ4n) is 3.16. The van der Waals surface area contributed by atoms with Gasteiger partial charge < -0.3 is 9.32 Å². The van der Waals surface area contributed by atoms with Gasteiger partial charge in [0.25, 0.3) is 10.0 Å². The lowest BCUT2D eigenvalue weighted by Crippen LogP contribution is -2.14. The Morgan fingerprint density at radius 1 is 0.929 bits per heavy atom. The number of anilines is 2. The highest BCUT2D eigenvalue weighted by Crippen LogP contribution is 2.31. The highest BCUT2D eigenvalue weighted by molar-refractivity contribution is 7.93. The van der Waals surface area contributed by atoms with E-state index >= 15 is 0 Å². The Labute approximate surface area is 163 Å². The molecule has 4 rings (SSSR count). The first-order valence-electron chi connectivity index (χ1n) is 8.66. The highest BCUT2D eigenvalue weighted by Gasteiger charge is 2.18. The number of nitrogens with one attached hydrogen (secondary N) is 1. The molecule has 0 amide bonds. The van der Waals surface area contributed by atoms with Crippen molar-refractivity contribution in [3.05, 3.63) is 73.3 Å². The SMILES string of the molecule is CN(C)c1cccc2c(S(=O)(=O)Nc3ccc(-c4cnco4)cc3)cccc12. The number of hydrogen-bond donors (Lipinski definition) is 1. The summed E-state index contributed by atoms with van der Waals surface area (Å²) in [5.74, 6) is 0.625. The summed E-state index contributed by atoms with van der Waals surface area (Å²) in [6.45, 7) is 0. The molecule has 4 aromatic rings. The van der Waals surface area contributed by atoms with Crippen molar-refractivity contribution in [3.8, 4) is 11.3 Å². The molecule has 1 N–H and O–H groups in total. The van der Waals surface area contributed by atoms with E-state index in [4.69, 9.17) is 4.42 Å². The van der Waals surface area contributed by atoms with E-state index in [9.17, 15) is 8.42 Å². The zero-order chi connectivity index (χ0) is 19.7. The van der Waals surface area contributed by atoms with Crippen LogP contribution in [0.4, 0.5) is 11.4 Å². The molecule has 0 spiro atoms. The number of benzene rings is 3. The molecule has 142 valence electrons. The van der Waals surface area contributed by atoms with E-state index in [1.54, 1.807) is 42.6 Å². The van der Waals surface area contributed by atoms with Crippen LogP contribution in [0.15, 0.2) is 82.6 Å². The van der Waals surface area contributed by atoms with E-state index in [0.717, 1.165) is 16.6 Å². The molecule has 0 radical (unpaired) electrons. The fraction of sp³-hybridized carbons (Fsp3) is 0.0952. The second kappa shape index (κ2) is 7.01. The summed E-state index contributed by atoms with van der Waals surface area (Å²) in [5, 5.41) is 1.57. The molecule has 0 fully saturated rings. The van der Waals surface area contributed by atoms with Crippen LogP contribution in [0.5, 0.6) is 0 Å². The summed E-state index contributed by atoms with van der Waals surface area (Å²) in [6.07, 6.45) is 2.96. The lowest BCUT2D eigenvalue weighted by atomic mass is 10.1. The van der Waals surface area contributed by atoms with Crippen molar-refractivity contribution in [2.75, 3.05) is 23.7 Å². The van der Waals surface area contributed by atoms with E-state index in [1.165, 1.54) is 6.39 Å². The molecular weight excluding hydrogens is 374 g/mol. The van der Waals surface area contributed by atoms with Crippen LogP contribution in [0.1, 0.15) is 0 Å². The number of rotatable bonds is 5. The van der Waals surface area contributed by atoms with Gasteiger partial charge in [-0.05, 0) is 36.4 Å². The van der Waals surface area contributed by atoms with Gasteiger partial charge in [0.1, 0.15) is 0 Å². The van der Waals surface area contributed by atoms with Gasteiger partial charge in [-0.2, -0.15) is 0 Å². The van der Waals surface area contributed by atoms with Crippen molar-refractivity contribution in [3.63, 3.8) is 0 Å². The number of oxazole rings is 1. The van der Waals surface area contributed by atoms with Crippen LogP contribution < -0.4 is 9.62 Å². The summed E-state index contributed by atoms with van der Waals surface area (Å²) < 4.78 is 34.0. The fourth-order valence-corrected chi connectivity index (χ4v) is 4.44. The first-order valence-corrected chi connectivity index (χ1v) is 10.1. The van der Waals surface area contributed by atoms with Crippen LogP contribution in [0, 0.1) is 0 Å². The van der Waals surface area contributed by atoms with E-state index < -0.39 is 10.0 Å². The summed E-state index contributed by atoms with van der Waals surface area (Å²) in [7, 11) is 0.116. The molecule has 0 saturated carbocycles. The van der Waals surface area contributed by atoms with Crippen LogP contribution >= 0.6 is 0 Å². The van der Waals surface area contributed by atoms with Gasteiger partial charge in [-0.15, -0.1) is 0 Å². The lowest BCUT2D eigenvalue weighted by Gasteiger charge is -2.17. The molecule has 0 unspecified atom stereocenters. The third-order valence-corrected chi connectivity index (χ3v) is 5.92. The molecule has 0 aliphatic heterocycles. The molecule has 0 aliphatic rings. The predicted octanol–water partition coefficient (Wildman–Crippen LogP) is 4.36. The van der Waals surface area contributed by atoms with Crippen LogP contribution in [-0.4, -0.2) is 27.5 Å².